The molecule has 1 aromatic carbocycles. The van der Waals surface area contributed by atoms with Gasteiger partial charge in [0.1, 0.15) is 10.1 Å². The summed E-state index contributed by atoms with van der Waals surface area (Å²) in [6.07, 6.45) is 3.57. The Morgan fingerprint density at radius 1 is 1.30 bits per heavy atom. The lowest BCUT2D eigenvalue weighted by Gasteiger charge is -2.13. The predicted molar refractivity (Wildman–Crippen MR) is 116 cm³/mol. The van der Waals surface area contributed by atoms with Gasteiger partial charge in [0.05, 0.1) is 24.5 Å². The smallest absolute Gasteiger partial charge is 0.307 e. The van der Waals surface area contributed by atoms with E-state index >= 15 is 0 Å². The number of nitrogens with zero attached hydrogens (tertiary/aromatic N) is 1. The first-order valence-corrected chi connectivity index (χ1v) is 10.8. The van der Waals surface area contributed by atoms with Crippen molar-refractivity contribution in [2.45, 2.75) is 33.1 Å². The highest BCUT2D eigenvalue weighted by atomic mass is 79.9. The molecule has 1 heterocycles. The molecule has 146 valence electrons. The normalized spacial score (nSPS) is 15.5. The third kappa shape index (κ3) is 6.33. The molecule has 1 aliphatic rings. The Bertz CT molecular complexity index is 751. The average molecular weight is 472 g/mol. The van der Waals surface area contributed by atoms with Crippen molar-refractivity contribution in [2.24, 2.45) is 0 Å². The maximum atomic E-state index is 12.7. The van der Waals surface area contributed by atoms with Gasteiger partial charge in [-0.05, 0) is 37.1 Å². The maximum absolute atomic E-state index is 12.7. The van der Waals surface area contributed by atoms with E-state index in [1.807, 2.05) is 32.0 Å². The van der Waals surface area contributed by atoms with Crippen LogP contribution in [0.5, 0.6) is 5.75 Å². The third-order valence-corrected chi connectivity index (χ3v) is 5.47. The van der Waals surface area contributed by atoms with E-state index in [9.17, 15) is 9.59 Å². The average Bonchev–Trinajstić information content (AvgIpc) is 2.90. The second-order valence-electron chi connectivity index (χ2n) is 5.83. The van der Waals surface area contributed by atoms with Crippen molar-refractivity contribution in [3.05, 3.63) is 33.1 Å². The van der Waals surface area contributed by atoms with Crippen molar-refractivity contribution in [3.63, 3.8) is 0 Å². The van der Waals surface area contributed by atoms with Crippen LogP contribution < -0.4 is 4.74 Å². The summed E-state index contributed by atoms with van der Waals surface area (Å²) in [7, 11) is 0. The molecule has 5 nitrogen and oxygen atoms in total. The van der Waals surface area contributed by atoms with Crippen molar-refractivity contribution >= 4 is 62.2 Å². The zero-order valence-electron chi connectivity index (χ0n) is 15.3. The van der Waals surface area contributed by atoms with E-state index in [2.05, 4.69) is 15.9 Å². The number of carbonyl (C=O) groups is 2. The molecule has 0 bridgehead atoms. The number of ether oxygens (including phenoxy) is 2. The minimum absolute atomic E-state index is 0.126. The number of benzene rings is 1. The lowest BCUT2D eigenvalue weighted by molar-refractivity contribution is -0.143. The number of hydrogen-bond donors (Lipinski definition) is 0. The standard InChI is InChI=1S/C19H22BrNO4S2/c1-3-9-24-15-6-5-14(20)11-13(15)12-16-18(23)21(19(26)27-16)8-7-17(22)25-10-4-2/h5-6,11-12H,3-4,7-10H2,1-2H3/b16-12+. The minimum Gasteiger partial charge on any atom is -0.493 e. The Hall–Kier alpha value is -1.38. The van der Waals surface area contributed by atoms with Crippen LogP contribution >= 0.6 is 39.9 Å². The first-order chi connectivity index (χ1) is 13.0. The van der Waals surface area contributed by atoms with Crippen LogP contribution in [0.3, 0.4) is 0 Å². The van der Waals surface area contributed by atoms with Crippen molar-refractivity contribution in [2.75, 3.05) is 19.8 Å². The molecule has 27 heavy (non-hydrogen) atoms. The van der Waals surface area contributed by atoms with Crippen molar-refractivity contribution in [1.82, 2.24) is 4.90 Å². The first-order valence-electron chi connectivity index (χ1n) is 8.79. The zero-order chi connectivity index (χ0) is 19.8. The van der Waals surface area contributed by atoms with Gasteiger partial charge < -0.3 is 9.47 Å². The summed E-state index contributed by atoms with van der Waals surface area (Å²) in [4.78, 5) is 26.3. The Morgan fingerprint density at radius 2 is 2.04 bits per heavy atom. The Kier molecular flexibility index (Phi) is 8.79. The molecular weight excluding hydrogens is 450 g/mol. The van der Waals surface area contributed by atoms with Crippen LogP contribution in [0, 0.1) is 0 Å². The Morgan fingerprint density at radius 3 is 2.74 bits per heavy atom. The molecule has 0 atom stereocenters. The lowest BCUT2D eigenvalue weighted by atomic mass is 10.2. The van der Waals surface area contributed by atoms with Crippen LogP contribution in [0.15, 0.2) is 27.6 Å². The highest BCUT2D eigenvalue weighted by molar-refractivity contribution is 9.10. The number of esters is 1. The van der Waals surface area contributed by atoms with E-state index in [4.69, 9.17) is 21.7 Å². The van der Waals surface area contributed by atoms with Crippen molar-refractivity contribution < 1.29 is 19.1 Å². The van der Waals surface area contributed by atoms with Gasteiger partial charge in [-0.2, -0.15) is 0 Å². The fraction of sp³-hybridized carbons (Fsp3) is 0.421. The molecular formula is C19H22BrNO4S2. The first kappa shape index (κ1) is 21.9. The molecule has 2 rings (SSSR count). The monoisotopic (exact) mass is 471 g/mol. The van der Waals surface area contributed by atoms with Crippen LogP contribution in [0.2, 0.25) is 0 Å². The molecule has 1 aromatic rings. The fourth-order valence-corrected chi connectivity index (χ4v) is 3.98. The van der Waals surface area contributed by atoms with Crippen molar-refractivity contribution in [1.29, 1.82) is 0 Å². The Balaban J connectivity index is 2.11. The Labute approximate surface area is 177 Å². The summed E-state index contributed by atoms with van der Waals surface area (Å²) >= 11 is 9.99. The molecule has 1 saturated heterocycles. The van der Waals surface area contributed by atoms with E-state index in [-0.39, 0.29) is 24.8 Å². The van der Waals surface area contributed by atoms with E-state index in [0.29, 0.717) is 28.2 Å². The van der Waals surface area contributed by atoms with Gasteiger partial charge in [0.25, 0.3) is 5.91 Å². The number of carbonyl (C=O) groups excluding carboxylic acids is 2. The van der Waals surface area contributed by atoms with Gasteiger partial charge in [-0.3, -0.25) is 14.5 Å². The second-order valence-corrected chi connectivity index (χ2v) is 8.43. The fourth-order valence-electron chi connectivity index (χ4n) is 2.30. The summed E-state index contributed by atoms with van der Waals surface area (Å²) in [5.41, 5.74) is 0.806. The van der Waals surface area contributed by atoms with Gasteiger partial charge in [-0.25, -0.2) is 0 Å². The molecule has 1 fully saturated rings. The molecule has 1 amide bonds. The second kappa shape index (κ2) is 10.8. The molecule has 1 aliphatic heterocycles. The van der Waals surface area contributed by atoms with E-state index in [1.165, 1.54) is 16.7 Å². The van der Waals surface area contributed by atoms with Gasteiger partial charge in [0, 0.05) is 16.6 Å². The highest BCUT2D eigenvalue weighted by Crippen LogP contribution is 2.35. The summed E-state index contributed by atoms with van der Waals surface area (Å²) < 4.78 is 12.2. The van der Waals surface area contributed by atoms with Crippen LogP contribution in [0.1, 0.15) is 38.7 Å². The topological polar surface area (TPSA) is 55.8 Å². The van der Waals surface area contributed by atoms with E-state index < -0.39 is 0 Å². The molecule has 0 radical (unpaired) electrons. The summed E-state index contributed by atoms with van der Waals surface area (Å²) in [6, 6.07) is 5.67. The SMILES string of the molecule is CCCOC(=O)CCN1C(=O)/C(=C\c2cc(Br)ccc2OCCC)SC1=S. The summed E-state index contributed by atoms with van der Waals surface area (Å²) in [5.74, 6) is 0.195. The molecule has 0 N–H and O–H groups in total. The predicted octanol–water partition coefficient (Wildman–Crippen LogP) is 4.78. The van der Waals surface area contributed by atoms with Gasteiger partial charge in [-0.15, -0.1) is 0 Å². The number of rotatable bonds is 9. The van der Waals surface area contributed by atoms with E-state index in [1.54, 1.807) is 6.08 Å². The maximum Gasteiger partial charge on any atom is 0.307 e. The largest absolute Gasteiger partial charge is 0.493 e. The summed E-state index contributed by atoms with van der Waals surface area (Å²) in [6.45, 7) is 5.18. The molecule has 0 unspecified atom stereocenters. The number of hydrogen-bond acceptors (Lipinski definition) is 6. The molecule has 0 spiro atoms. The van der Waals surface area contributed by atoms with Crippen LogP contribution in [0.25, 0.3) is 6.08 Å². The van der Waals surface area contributed by atoms with Gasteiger partial charge >= 0.3 is 5.97 Å². The van der Waals surface area contributed by atoms with E-state index in [0.717, 1.165) is 22.9 Å². The molecule has 0 aliphatic carbocycles. The number of thiocarbonyl (C=S) groups is 1. The number of thioether (sulfide) groups is 1. The van der Waals surface area contributed by atoms with Gasteiger partial charge in [0.15, 0.2) is 0 Å². The highest BCUT2D eigenvalue weighted by Gasteiger charge is 2.32. The molecule has 8 heteroatoms. The van der Waals surface area contributed by atoms with Crippen LogP contribution in [-0.4, -0.2) is 40.9 Å². The van der Waals surface area contributed by atoms with Crippen LogP contribution in [0.4, 0.5) is 0 Å². The summed E-state index contributed by atoms with van der Waals surface area (Å²) in [5, 5.41) is 0. The minimum atomic E-state index is -0.322. The zero-order valence-corrected chi connectivity index (χ0v) is 18.5. The van der Waals surface area contributed by atoms with Gasteiger partial charge in [-0.1, -0.05) is 53.8 Å². The molecule has 0 saturated carbocycles. The third-order valence-electron chi connectivity index (χ3n) is 3.60. The van der Waals surface area contributed by atoms with Crippen molar-refractivity contribution in [3.8, 4) is 5.75 Å². The quantitative estimate of drug-likeness (QED) is 0.293. The van der Waals surface area contributed by atoms with Crippen LogP contribution in [-0.2, 0) is 14.3 Å². The number of halogens is 1. The number of amides is 1. The van der Waals surface area contributed by atoms with Gasteiger partial charge in [0.2, 0.25) is 0 Å². The molecule has 0 aromatic heterocycles. The lowest BCUT2D eigenvalue weighted by Crippen LogP contribution is -2.30.